The molecule has 0 radical (unpaired) electrons. The highest BCUT2D eigenvalue weighted by atomic mass is 32.2. The number of hydrogen-bond acceptors (Lipinski definition) is 4. The predicted molar refractivity (Wildman–Crippen MR) is 89.1 cm³/mol. The first kappa shape index (κ1) is 17.2. The number of carbonyl (C=O) groups excluding carboxylic acids is 1. The first-order valence-electron chi connectivity index (χ1n) is 6.95. The lowest BCUT2D eigenvalue weighted by atomic mass is 10.3. The molecule has 0 aliphatic rings. The van der Waals surface area contributed by atoms with Crippen molar-refractivity contribution in [2.45, 2.75) is 37.3 Å². The highest BCUT2D eigenvalue weighted by molar-refractivity contribution is 8.13. The van der Waals surface area contributed by atoms with E-state index in [1.54, 1.807) is 0 Å². The van der Waals surface area contributed by atoms with Crippen molar-refractivity contribution < 1.29 is 9.53 Å². The zero-order valence-electron chi connectivity index (χ0n) is 12.3. The molecular formula is C15H23NO2S2. The molecule has 3 nitrogen and oxygen atoms in total. The normalized spacial score (nSPS) is 11.9. The van der Waals surface area contributed by atoms with E-state index in [1.165, 1.54) is 23.1 Å². The Morgan fingerprint density at radius 2 is 2.00 bits per heavy atom. The van der Waals surface area contributed by atoms with Crippen LogP contribution in [0.25, 0.3) is 0 Å². The monoisotopic (exact) mass is 313 g/mol. The summed E-state index contributed by atoms with van der Waals surface area (Å²) in [6.07, 6.45) is 1.17. The van der Waals surface area contributed by atoms with Crippen LogP contribution in [0.2, 0.25) is 0 Å². The summed E-state index contributed by atoms with van der Waals surface area (Å²) in [6, 6.07) is 8.15. The van der Waals surface area contributed by atoms with E-state index in [2.05, 4.69) is 31.3 Å². The first-order chi connectivity index (χ1) is 9.65. The molecule has 0 saturated heterocycles. The lowest BCUT2D eigenvalue weighted by Gasteiger charge is -2.09. The van der Waals surface area contributed by atoms with Crippen molar-refractivity contribution in [3.05, 3.63) is 24.3 Å². The first-order valence-corrected chi connectivity index (χ1v) is 8.82. The maximum absolute atomic E-state index is 11.2. The van der Waals surface area contributed by atoms with Gasteiger partial charge in [0.25, 0.3) is 5.24 Å². The van der Waals surface area contributed by atoms with Crippen molar-refractivity contribution in [2.24, 2.45) is 0 Å². The smallest absolute Gasteiger partial charge is 0.279 e. The van der Waals surface area contributed by atoms with Crippen molar-refractivity contribution in [1.29, 1.82) is 0 Å². The molecule has 20 heavy (non-hydrogen) atoms. The summed E-state index contributed by atoms with van der Waals surface area (Å²) < 4.78 is 5.61. The number of hydrogen-bond donors (Lipinski definition) is 1. The van der Waals surface area contributed by atoms with E-state index in [0.29, 0.717) is 24.2 Å². The van der Waals surface area contributed by atoms with E-state index in [1.807, 2.05) is 30.8 Å². The van der Waals surface area contributed by atoms with E-state index < -0.39 is 0 Å². The summed E-state index contributed by atoms with van der Waals surface area (Å²) in [5.41, 5.74) is 0. The number of amides is 1. The average molecular weight is 313 g/mol. The Labute approximate surface area is 130 Å². The summed E-state index contributed by atoms with van der Waals surface area (Å²) >= 11 is 3.13. The van der Waals surface area contributed by atoms with Gasteiger partial charge in [-0.25, -0.2) is 0 Å². The zero-order valence-corrected chi connectivity index (χ0v) is 14.0. The fourth-order valence-electron chi connectivity index (χ4n) is 1.42. The summed E-state index contributed by atoms with van der Waals surface area (Å²) in [4.78, 5) is 12.5. The van der Waals surface area contributed by atoms with Gasteiger partial charge in [-0.1, -0.05) is 25.6 Å². The summed E-state index contributed by atoms with van der Waals surface area (Å²) in [7, 11) is 0. The van der Waals surface area contributed by atoms with Crippen molar-refractivity contribution in [1.82, 2.24) is 5.32 Å². The van der Waals surface area contributed by atoms with Gasteiger partial charge in [0.15, 0.2) is 0 Å². The molecule has 1 N–H and O–H groups in total. The largest absolute Gasteiger partial charge is 0.493 e. The summed E-state index contributed by atoms with van der Waals surface area (Å²) in [5, 5.41) is 3.39. The zero-order chi connectivity index (χ0) is 14.8. The molecule has 1 atom stereocenters. The third kappa shape index (κ3) is 7.10. The SMILES string of the molecule is CCNC(=O)SCCOc1ccc(S[C@@H](C)CC)cc1. The minimum absolute atomic E-state index is 0.0106. The van der Waals surface area contributed by atoms with Crippen LogP contribution in [0.5, 0.6) is 5.75 Å². The molecule has 0 aliphatic heterocycles. The summed E-state index contributed by atoms with van der Waals surface area (Å²) in [6.45, 7) is 7.55. The van der Waals surface area contributed by atoms with Crippen molar-refractivity contribution in [3.63, 3.8) is 0 Å². The van der Waals surface area contributed by atoms with Crippen LogP contribution < -0.4 is 10.1 Å². The molecule has 112 valence electrons. The maximum atomic E-state index is 11.2. The molecule has 0 aliphatic carbocycles. The van der Waals surface area contributed by atoms with E-state index in [9.17, 15) is 4.79 Å². The molecular weight excluding hydrogens is 290 g/mol. The topological polar surface area (TPSA) is 38.3 Å². The van der Waals surface area contributed by atoms with Crippen LogP contribution in [-0.4, -0.2) is 29.4 Å². The van der Waals surface area contributed by atoms with Crippen LogP contribution in [0.1, 0.15) is 27.2 Å². The summed E-state index contributed by atoms with van der Waals surface area (Å²) in [5.74, 6) is 1.52. The van der Waals surface area contributed by atoms with E-state index in [4.69, 9.17) is 4.74 Å². The van der Waals surface area contributed by atoms with Crippen LogP contribution in [0.3, 0.4) is 0 Å². The molecule has 0 aromatic heterocycles. The predicted octanol–water partition coefficient (Wildman–Crippen LogP) is 4.42. The molecule has 1 amide bonds. The van der Waals surface area contributed by atoms with Crippen LogP contribution in [0.15, 0.2) is 29.2 Å². The number of benzene rings is 1. The molecule has 1 rings (SSSR count). The Morgan fingerprint density at radius 3 is 2.60 bits per heavy atom. The lowest BCUT2D eigenvalue weighted by Crippen LogP contribution is -2.18. The average Bonchev–Trinajstić information content (AvgIpc) is 2.45. The van der Waals surface area contributed by atoms with E-state index in [0.717, 1.165) is 5.75 Å². The molecule has 0 bridgehead atoms. The fraction of sp³-hybridized carbons (Fsp3) is 0.533. The molecule has 1 aromatic rings. The van der Waals surface area contributed by atoms with Gasteiger partial charge in [0.2, 0.25) is 0 Å². The Morgan fingerprint density at radius 1 is 1.30 bits per heavy atom. The minimum Gasteiger partial charge on any atom is -0.493 e. The van der Waals surface area contributed by atoms with Crippen LogP contribution in [0.4, 0.5) is 4.79 Å². The third-order valence-electron chi connectivity index (χ3n) is 2.64. The number of carbonyl (C=O) groups is 1. The molecule has 0 unspecified atom stereocenters. The fourth-order valence-corrected chi connectivity index (χ4v) is 2.94. The lowest BCUT2D eigenvalue weighted by molar-refractivity contribution is 0.261. The Kier molecular flexibility index (Phi) is 8.62. The molecule has 1 aromatic carbocycles. The quantitative estimate of drug-likeness (QED) is 0.569. The Hall–Kier alpha value is -0.810. The van der Waals surface area contributed by atoms with Gasteiger partial charge in [0.1, 0.15) is 5.75 Å². The van der Waals surface area contributed by atoms with Gasteiger partial charge in [0, 0.05) is 22.4 Å². The Balaban J connectivity index is 2.26. The number of ether oxygens (including phenoxy) is 1. The van der Waals surface area contributed by atoms with Crippen molar-refractivity contribution >= 4 is 28.8 Å². The van der Waals surface area contributed by atoms with Crippen molar-refractivity contribution in [3.8, 4) is 5.75 Å². The van der Waals surface area contributed by atoms with E-state index >= 15 is 0 Å². The number of nitrogens with one attached hydrogen (secondary N) is 1. The molecule has 0 fully saturated rings. The van der Waals surface area contributed by atoms with Crippen molar-refractivity contribution in [2.75, 3.05) is 18.9 Å². The van der Waals surface area contributed by atoms with Gasteiger partial charge in [-0.2, -0.15) is 0 Å². The van der Waals surface area contributed by atoms with E-state index in [-0.39, 0.29) is 5.24 Å². The van der Waals surface area contributed by atoms with Gasteiger partial charge < -0.3 is 10.1 Å². The second kappa shape index (κ2) is 10.00. The Bertz CT molecular complexity index is 395. The third-order valence-corrected chi connectivity index (χ3v) is 4.70. The number of thioether (sulfide) groups is 2. The highest BCUT2D eigenvalue weighted by Crippen LogP contribution is 2.26. The van der Waals surface area contributed by atoms with Gasteiger partial charge in [-0.05, 0) is 37.6 Å². The number of rotatable bonds is 8. The van der Waals surface area contributed by atoms with Crippen LogP contribution in [0, 0.1) is 0 Å². The van der Waals surface area contributed by atoms with Gasteiger partial charge in [-0.15, -0.1) is 11.8 Å². The maximum Gasteiger partial charge on any atom is 0.279 e. The van der Waals surface area contributed by atoms with Gasteiger partial charge in [0.05, 0.1) is 6.61 Å². The second-order valence-corrected chi connectivity index (χ2v) is 6.90. The second-order valence-electron chi connectivity index (χ2n) is 4.32. The molecule has 0 heterocycles. The van der Waals surface area contributed by atoms with Crippen LogP contribution in [-0.2, 0) is 0 Å². The highest BCUT2D eigenvalue weighted by Gasteiger charge is 2.03. The van der Waals surface area contributed by atoms with Crippen LogP contribution >= 0.6 is 23.5 Å². The molecule has 0 spiro atoms. The van der Waals surface area contributed by atoms with Gasteiger partial charge >= 0.3 is 0 Å². The van der Waals surface area contributed by atoms with Gasteiger partial charge in [-0.3, -0.25) is 4.79 Å². The molecule has 5 heteroatoms. The minimum atomic E-state index is 0.0106. The standard InChI is InChI=1S/C15H23NO2S2/c1-4-12(3)20-14-8-6-13(7-9-14)18-10-11-19-15(17)16-5-2/h6-9,12H,4-5,10-11H2,1-3H3,(H,16,17)/t12-/m0/s1. The molecule has 0 saturated carbocycles.